The summed E-state index contributed by atoms with van der Waals surface area (Å²) in [4.78, 5) is 4.76. The van der Waals surface area contributed by atoms with Crippen molar-refractivity contribution >= 4 is 11.0 Å². The van der Waals surface area contributed by atoms with Crippen LogP contribution in [0, 0.1) is 5.92 Å². The van der Waals surface area contributed by atoms with Crippen molar-refractivity contribution in [3.63, 3.8) is 0 Å². The number of imidazole rings is 1. The second kappa shape index (κ2) is 6.27. The first-order valence-electron chi connectivity index (χ1n) is 7.28. The third-order valence-electron chi connectivity index (χ3n) is 3.32. The highest BCUT2D eigenvalue weighted by Gasteiger charge is 2.13. The molecule has 0 amide bonds. The highest BCUT2D eigenvalue weighted by molar-refractivity contribution is 5.78. The van der Waals surface area contributed by atoms with Gasteiger partial charge in [-0.25, -0.2) is 4.98 Å². The number of benzene rings is 1. The summed E-state index contributed by atoms with van der Waals surface area (Å²) in [5.74, 6) is 2.59. The van der Waals surface area contributed by atoms with Crippen molar-refractivity contribution in [1.82, 2.24) is 14.9 Å². The zero-order valence-corrected chi connectivity index (χ0v) is 13.1. The average Bonchev–Trinajstić information content (AvgIpc) is 2.75. The highest BCUT2D eigenvalue weighted by atomic mass is 16.5. The van der Waals surface area contributed by atoms with Crippen molar-refractivity contribution in [2.24, 2.45) is 5.92 Å². The maximum atomic E-state index is 5.28. The fraction of sp³-hybridized carbons (Fsp3) is 0.562. The number of ether oxygens (including phenoxy) is 1. The van der Waals surface area contributed by atoms with E-state index in [-0.39, 0.29) is 0 Å². The van der Waals surface area contributed by atoms with Crippen LogP contribution in [0.25, 0.3) is 11.0 Å². The minimum atomic E-state index is 0.393. The molecule has 0 atom stereocenters. The van der Waals surface area contributed by atoms with Crippen LogP contribution in [0.5, 0.6) is 5.75 Å². The molecule has 20 heavy (non-hydrogen) atoms. The molecule has 0 saturated carbocycles. The van der Waals surface area contributed by atoms with E-state index in [1.165, 1.54) is 5.52 Å². The minimum absolute atomic E-state index is 0.393. The molecule has 4 heteroatoms. The number of methoxy groups -OCH3 is 1. The number of nitrogens with one attached hydrogen (secondary N) is 1. The van der Waals surface area contributed by atoms with Crippen molar-refractivity contribution in [2.75, 3.05) is 13.7 Å². The zero-order valence-electron chi connectivity index (χ0n) is 13.1. The maximum absolute atomic E-state index is 5.28. The molecule has 0 bridgehead atoms. The summed E-state index contributed by atoms with van der Waals surface area (Å²) in [6.45, 7) is 10.6. The second-order valence-electron chi connectivity index (χ2n) is 5.87. The first kappa shape index (κ1) is 14.9. The van der Waals surface area contributed by atoms with E-state index >= 15 is 0 Å². The molecule has 2 aromatic rings. The summed E-state index contributed by atoms with van der Waals surface area (Å²) in [5.41, 5.74) is 2.17. The van der Waals surface area contributed by atoms with E-state index in [9.17, 15) is 0 Å². The van der Waals surface area contributed by atoms with Crippen molar-refractivity contribution < 1.29 is 4.74 Å². The van der Waals surface area contributed by atoms with Crippen LogP contribution < -0.4 is 10.1 Å². The number of hydrogen-bond donors (Lipinski definition) is 1. The van der Waals surface area contributed by atoms with Crippen LogP contribution >= 0.6 is 0 Å². The van der Waals surface area contributed by atoms with Crippen LogP contribution in [0.4, 0.5) is 0 Å². The molecule has 110 valence electrons. The van der Waals surface area contributed by atoms with Gasteiger partial charge in [0.25, 0.3) is 0 Å². The predicted octanol–water partition coefficient (Wildman–Crippen LogP) is 3.37. The highest BCUT2D eigenvalue weighted by Crippen LogP contribution is 2.24. The van der Waals surface area contributed by atoms with Gasteiger partial charge in [-0.1, -0.05) is 13.8 Å². The quantitative estimate of drug-likeness (QED) is 0.878. The van der Waals surface area contributed by atoms with Gasteiger partial charge < -0.3 is 14.6 Å². The smallest absolute Gasteiger partial charge is 0.124 e. The molecule has 0 saturated heterocycles. The van der Waals surface area contributed by atoms with Gasteiger partial charge >= 0.3 is 0 Å². The third-order valence-corrected chi connectivity index (χ3v) is 3.32. The van der Waals surface area contributed by atoms with E-state index in [4.69, 9.17) is 9.72 Å². The molecular weight excluding hydrogens is 250 g/mol. The molecular formula is C16H25N3O. The Morgan fingerprint density at radius 3 is 2.60 bits per heavy atom. The van der Waals surface area contributed by atoms with Gasteiger partial charge in [0.05, 0.1) is 24.7 Å². The molecule has 1 N–H and O–H groups in total. The lowest BCUT2D eigenvalue weighted by molar-refractivity contribution is 0.415. The molecule has 0 aliphatic heterocycles. The van der Waals surface area contributed by atoms with Crippen molar-refractivity contribution in [3.8, 4) is 5.75 Å². The van der Waals surface area contributed by atoms with Crippen molar-refractivity contribution in [3.05, 3.63) is 24.0 Å². The van der Waals surface area contributed by atoms with Gasteiger partial charge in [-0.05, 0) is 38.4 Å². The van der Waals surface area contributed by atoms with Gasteiger partial charge in [-0.15, -0.1) is 0 Å². The van der Waals surface area contributed by atoms with Crippen LogP contribution in [-0.4, -0.2) is 23.2 Å². The summed E-state index contributed by atoms with van der Waals surface area (Å²) in [7, 11) is 1.69. The molecule has 0 radical (unpaired) electrons. The van der Waals surface area contributed by atoms with Crippen LogP contribution in [0.1, 0.15) is 39.6 Å². The Labute approximate surface area is 121 Å². The van der Waals surface area contributed by atoms with Gasteiger partial charge in [-0.2, -0.15) is 0 Å². The molecule has 1 aromatic heterocycles. The average molecular weight is 275 g/mol. The van der Waals surface area contributed by atoms with Gasteiger partial charge in [0.15, 0.2) is 0 Å². The number of nitrogens with zero attached hydrogens (tertiary/aromatic N) is 2. The molecule has 0 aliphatic carbocycles. The molecule has 2 rings (SSSR count). The Morgan fingerprint density at radius 1 is 1.25 bits per heavy atom. The summed E-state index contributed by atoms with van der Waals surface area (Å²) < 4.78 is 7.57. The van der Waals surface area contributed by atoms with E-state index in [0.29, 0.717) is 12.0 Å². The van der Waals surface area contributed by atoms with E-state index in [0.717, 1.165) is 30.2 Å². The molecule has 0 aliphatic rings. The standard InChI is InChI=1S/C16H25N3O/c1-11(2)9-17-10-16-18-14-8-13(20-5)6-7-15(14)19(16)12(3)4/h6-8,11-12,17H,9-10H2,1-5H3. The number of hydrogen-bond acceptors (Lipinski definition) is 3. The third kappa shape index (κ3) is 3.12. The Bertz CT molecular complexity index is 572. The number of fused-ring (bicyclic) bond motifs is 1. The maximum Gasteiger partial charge on any atom is 0.124 e. The zero-order chi connectivity index (χ0) is 14.7. The Kier molecular flexibility index (Phi) is 4.65. The Hall–Kier alpha value is -1.55. The molecule has 0 fully saturated rings. The topological polar surface area (TPSA) is 39.1 Å². The fourth-order valence-electron chi connectivity index (χ4n) is 2.43. The van der Waals surface area contributed by atoms with Crippen LogP contribution in [0.2, 0.25) is 0 Å². The van der Waals surface area contributed by atoms with Crippen molar-refractivity contribution in [2.45, 2.75) is 40.3 Å². The number of rotatable bonds is 6. The van der Waals surface area contributed by atoms with Gasteiger partial charge in [0, 0.05) is 12.1 Å². The van der Waals surface area contributed by atoms with Crippen molar-refractivity contribution in [1.29, 1.82) is 0 Å². The molecule has 1 heterocycles. The number of aromatic nitrogens is 2. The summed E-state index contributed by atoms with van der Waals surface area (Å²) in [6, 6.07) is 6.48. The van der Waals surface area contributed by atoms with Gasteiger partial charge in [0.1, 0.15) is 11.6 Å². The lowest BCUT2D eigenvalue weighted by Crippen LogP contribution is -2.22. The largest absolute Gasteiger partial charge is 0.497 e. The van der Waals surface area contributed by atoms with E-state index < -0.39 is 0 Å². The molecule has 1 aromatic carbocycles. The SMILES string of the molecule is COc1ccc2c(c1)nc(CNCC(C)C)n2C(C)C. The van der Waals surface area contributed by atoms with Crippen LogP contribution in [0.3, 0.4) is 0 Å². The lowest BCUT2D eigenvalue weighted by atomic mass is 10.2. The van der Waals surface area contributed by atoms with E-state index in [1.54, 1.807) is 7.11 Å². The Morgan fingerprint density at radius 2 is 2.00 bits per heavy atom. The van der Waals surface area contributed by atoms with E-state index in [1.807, 2.05) is 12.1 Å². The fourth-order valence-corrected chi connectivity index (χ4v) is 2.43. The van der Waals surface area contributed by atoms with Gasteiger partial charge in [-0.3, -0.25) is 0 Å². The Balaban J connectivity index is 2.34. The van der Waals surface area contributed by atoms with Gasteiger partial charge in [0.2, 0.25) is 0 Å². The van der Waals surface area contributed by atoms with Crippen LogP contribution in [-0.2, 0) is 6.54 Å². The van der Waals surface area contributed by atoms with E-state index in [2.05, 4.69) is 43.6 Å². The summed E-state index contributed by atoms with van der Waals surface area (Å²) in [6.07, 6.45) is 0. The molecule has 0 spiro atoms. The summed E-state index contributed by atoms with van der Waals surface area (Å²) >= 11 is 0. The summed E-state index contributed by atoms with van der Waals surface area (Å²) in [5, 5.41) is 3.47. The van der Waals surface area contributed by atoms with Crippen LogP contribution in [0.15, 0.2) is 18.2 Å². The molecule has 4 nitrogen and oxygen atoms in total. The lowest BCUT2D eigenvalue weighted by Gasteiger charge is -2.14. The monoisotopic (exact) mass is 275 g/mol. The second-order valence-corrected chi connectivity index (χ2v) is 5.87. The first-order chi connectivity index (χ1) is 9.52. The minimum Gasteiger partial charge on any atom is -0.497 e. The first-order valence-corrected chi connectivity index (χ1v) is 7.28. The normalized spacial score (nSPS) is 11.8. The predicted molar refractivity (Wildman–Crippen MR) is 83.2 cm³/mol. The molecule has 0 unspecified atom stereocenters.